The monoisotopic (exact) mass is 587 g/mol. The first-order valence-corrected chi connectivity index (χ1v) is 15.6. The second kappa shape index (κ2) is 10.2. The molecular weight excluding hydrogens is 564 g/mol. The number of rotatable bonds is 7. The van der Waals surface area contributed by atoms with E-state index >= 15 is 0 Å². The molecule has 0 aliphatic carbocycles. The number of benzene rings is 1. The molecule has 168 valence electrons. The van der Waals surface area contributed by atoms with E-state index in [9.17, 15) is 5.26 Å². The van der Waals surface area contributed by atoms with Crippen LogP contribution in [0.1, 0.15) is 36.8 Å². The summed E-state index contributed by atoms with van der Waals surface area (Å²) in [7, 11) is 0. The van der Waals surface area contributed by atoms with Gasteiger partial charge in [-0.3, -0.25) is 4.34 Å². The number of pyridine rings is 2. The second-order valence-electron chi connectivity index (χ2n) is 7.66. The molecule has 0 aliphatic heterocycles. The fourth-order valence-electron chi connectivity index (χ4n) is 3.54. The van der Waals surface area contributed by atoms with Crippen molar-refractivity contribution in [3.63, 3.8) is 0 Å². The van der Waals surface area contributed by atoms with Gasteiger partial charge in [0.15, 0.2) is 5.65 Å². The van der Waals surface area contributed by atoms with Crippen molar-refractivity contribution in [1.29, 1.82) is 5.26 Å². The third-order valence-corrected chi connectivity index (χ3v) is 8.10. The number of aromatic nitrogens is 4. The molecule has 33 heavy (non-hydrogen) atoms. The number of fused-ring (bicyclic) bond motifs is 1. The molecule has 0 fully saturated rings. The first-order chi connectivity index (χ1) is 15.9. The molecule has 3 aromatic heterocycles. The maximum absolute atomic E-state index is 9.55. The number of hydrogen-bond acceptors (Lipinski definition) is 7. The number of imidazole rings is 1. The predicted octanol–water partition coefficient (Wildman–Crippen LogP) is 7.13. The lowest BCUT2D eigenvalue weighted by molar-refractivity contribution is 0.853. The topological polar surface area (TPSA) is 91.4 Å². The first kappa shape index (κ1) is 23.7. The van der Waals surface area contributed by atoms with E-state index < -0.39 is 0 Å². The fraction of sp³-hybridized carbons (Fsp3) is 0.217. The zero-order valence-corrected chi connectivity index (χ0v) is 22.6. The van der Waals surface area contributed by atoms with Crippen LogP contribution >= 0.6 is 40.2 Å². The largest absolute Gasteiger partial charge is 0.353 e. The van der Waals surface area contributed by atoms with Gasteiger partial charge in [0.2, 0.25) is 0 Å². The Kier molecular flexibility index (Phi) is 7.37. The van der Waals surface area contributed by atoms with Gasteiger partial charge in [-0.25, -0.2) is 15.0 Å². The van der Waals surface area contributed by atoms with Crippen LogP contribution in [0, 0.1) is 18.3 Å². The number of nitrogens with one attached hydrogen (secondary N) is 2. The Morgan fingerprint density at radius 2 is 1.85 bits per heavy atom. The first-order valence-electron chi connectivity index (χ1n) is 10.3. The Bertz CT molecular complexity index is 1360. The van der Waals surface area contributed by atoms with Crippen molar-refractivity contribution in [3.8, 4) is 6.07 Å². The van der Waals surface area contributed by atoms with Crippen LogP contribution in [-0.2, 0) is 0 Å². The fourth-order valence-corrected chi connectivity index (χ4v) is 6.23. The van der Waals surface area contributed by atoms with Crippen molar-refractivity contribution in [2.45, 2.75) is 31.6 Å². The lowest BCUT2D eigenvalue weighted by Gasteiger charge is -2.14. The highest BCUT2D eigenvalue weighted by molar-refractivity contribution is 14.2. The Morgan fingerprint density at radius 3 is 2.55 bits per heavy atom. The summed E-state index contributed by atoms with van der Waals surface area (Å²) < 4.78 is 2.10. The lowest BCUT2D eigenvalue weighted by Crippen LogP contribution is -2.03. The molecular formula is C23H23IN7PS. The molecule has 0 radical (unpaired) electrons. The molecule has 0 amide bonds. The number of anilines is 4. The van der Waals surface area contributed by atoms with Gasteiger partial charge in [-0.1, -0.05) is 32.0 Å². The van der Waals surface area contributed by atoms with Crippen molar-refractivity contribution in [2.24, 2.45) is 0 Å². The Morgan fingerprint density at radius 1 is 1.06 bits per heavy atom. The summed E-state index contributed by atoms with van der Waals surface area (Å²) >= 11 is 4.03. The van der Waals surface area contributed by atoms with Crippen LogP contribution in [0.25, 0.3) is 11.2 Å². The maximum atomic E-state index is 9.55. The predicted molar refractivity (Wildman–Crippen MR) is 148 cm³/mol. The summed E-state index contributed by atoms with van der Waals surface area (Å²) in [6, 6.07) is 16.2. The zero-order valence-electron chi connectivity index (χ0n) is 18.6. The minimum absolute atomic E-state index is 0.227. The quantitative estimate of drug-likeness (QED) is 0.135. The molecule has 4 rings (SSSR count). The highest BCUT2D eigenvalue weighted by atomic mass is 127. The van der Waals surface area contributed by atoms with Crippen LogP contribution in [-0.4, -0.2) is 25.5 Å². The van der Waals surface area contributed by atoms with Gasteiger partial charge < -0.3 is 10.6 Å². The molecule has 2 N–H and O–H groups in total. The number of nitriles is 1. The lowest BCUT2D eigenvalue weighted by atomic mass is 10.0. The van der Waals surface area contributed by atoms with Gasteiger partial charge >= 0.3 is 0 Å². The number of para-hydroxylation sites is 1. The van der Waals surface area contributed by atoms with Crippen LogP contribution in [0.5, 0.6) is 0 Å². The molecule has 0 saturated carbocycles. The maximum Gasteiger partial charge on any atom is 0.168 e. The van der Waals surface area contributed by atoms with E-state index in [-0.39, 0.29) is 5.92 Å². The van der Waals surface area contributed by atoms with Crippen LogP contribution < -0.4 is 10.6 Å². The Balaban J connectivity index is 1.80. The summed E-state index contributed by atoms with van der Waals surface area (Å²) in [5.41, 5.74) is 4.85. The van der Waals surface area contributed by atoms with E-state index in [1.54, 1.807) is 11.8 Å². The van der Waals surface area contributed by atoms with Gasteiger partial charge in [-0.15, -0.1) is 11.8 Å². The molecule has 0 saturated heterocycles. The standard InChI is InChI=1S/C23H23IN7PS/c1-13(2)15-9-10-20(28-18(15)12-25)29-21-11-17(27-16-7-5-6-8-19(16)33-4)22-23(30-21)31(32-24)14(3)26-22/h5-11,13,32H,1-4H3,(H2,27,28,29,30). The highest BCUT2D eigenvalue weighted by Crippen LogP contribution is 2.37. The van der Waals surface area contributed by atoms with Crippen LogP contribution in [0.15, 0.2) is 47.4 Å². The smallest absolute Gasteiger partial charge is 0.168 e. The zero-order chi connectivity index (χ0) is 23.5. The van der Waals surface area contributed by atoms with E-state index in [2.05, 4.69) is 80.3 Å². The van der Waals surface area contributed by atoms with E-state index in [1.807, 2.05) is 37.3 Å². The number of nitrogens with zero attached hydrogens (tertiary/aromatic N) is 5. The van der Waals surface area contributed by atoms with Crippen molar-refractivity contribution in [1.82, 2.24) is 19.3 Å². The van der Waals surface area contributed by atoms with Crippen LogP contribution in [0.2, 0.25) is 0 Å². The van der Waals surface area contributed by atoms with Gasteiger partial charge in [0.1, 0.15) is 34.7 Å². The minimum Gasteiger partial charge on any atom is -0.353 e. The van der Waals surface area contributed by atoms with E-state index in [4.69, 9.17) is 9.97 Å². The number of hydrogen-bond donors (Lipinski definition) is 2. The van der Waals surface area contributed by atoms with Crippen LogP contribution in [0.3, 0.4) is 0 Å². The molecule has 10 heteroatoms. The Labute approximate surface area is 212 Å². The summed E-state index contributed by atoms with van der Waals surface area (Å²) in [5, 5.41) is 16.4. The van der Waals surface area contributed by atoms with Crippen molar-refractivity contribution in [3.05, 3.63) is 59.5 Å². The van der Waals surface area contributed by atoms with Gasteiger partial charge in [0.25, 0.3) is 0 Å². The Hall–Kier alpha value is -2.41. The van der Waals surface area contributed by atoms with Gasteiger partial charge in [-0.2, -0.15) is 5.26 Å². The third kappa shape index (κ3) is 4.93. The minimum atomic E-state index is 0.227. The molecule has 1 unspecified atom stereocenters. The second-order valence-corrected chi connectivity index (χ2v) is 10.6. The third-order valence-electron chi connectivity index (χ3n) is 5.15. The number of halogens is 1. The summed E-state index contributed by atoms with van der Waals surface area (Å²) in [6.07, 6.45) is 2.53. The SMILES string of the molecule is CSc1ccccc1Nc1cc(Nc2ccc(C(C)C)c(C#N)n2)nc2c1nc(C)n2PI. The molecule has 0 spiro atoms. The summed E-state index contributed by atoms with van der Waals surface area (Å²) in [4.78, 5) is 15.3. The molecule has 1 atom stereocenters. The number of aryl methyl sites for hydroxylation is 1. The van der Waals surface area contributed by atoms with Crippen molar-refractivity contribution >= 4 is 74.4 Å². The summed E-state index contributed by atoms with van der Waals surface area (Å²) in [6.45, 7) is 6.10. The van der Waals surface area contributed by atoms with Crippen molar-refractivity contribution in [2.75, 3.05) is 16.9 Å². The van der Waals surface area contributed by atoms with Gasteiger partial charge in [-0.05, 0) is 64.9 Å². The molecule has 0 bridgehead atoms. The molecule has 0 aliphatic rings. The average molecular weight is 587 g/mol. The molecule has 3 heterocycles. The van der Waals surface area contributed by atoms with E-state index in [0.29, 0.717) is 23.7 Å². The average Bonchev–Trinajstić information content (AvgIpc) is 3.14. The normalized spacial score (nSPS) is 11.4. The summed E-state index contributed by atoms with van der Waals surface area (Å²) in [5.74, 6) is 2.36. The highest BCUT2D eigenvalue weighted by Gasteiger charge is 2.16. The molecule has 4 aromatic rings. The van der Waals surface area contributed by atoms with E-state index in [0.717, 1.165) is 38.8 Å². The van der Waals surface area contributed by atoms with Crippen LogP contribution in [0.4, 0.5) is 23.0 Å². The van der Waals surface area contributed by atoms with Crippen molar-refractivity contribution < 1.29 is 0 Å². The number of thioether (sulfide) groups is 1. The molecule has 7 nitrogen and oxygen atoms in total. The van der Waals surface area contributed by atoms with E-state index in [1.165, 1.54) is 0 Å². The van der Waals surface area contributed by atoms with Gasteiger partial charge in [0.05, 0.1) is 17.7 Å². The van der Waals surface area contributed by atoms with Gasteiger partial charge in [0, 0.05) is 11.0 Å². The molecule has 1 aromatic carbocycles.